The molecule has 1 N–H and O–H groups in total. The molecule has 7 nitrogen and oxygen atoms in total. The summed E-state index contributed by atoms with van der Waals surface area (Å²) in [5.74, 6) is -0.0947. The van der Waals surface area contributed by atoms with Crippen molar-refractivity contribution in [2.45, 2.75) is 18.8 Å². The molecule has 0 aliphatic carbocycles. The molecule has 1 fully saturated rings. The van der Waals surface area contributed by atoms with Gasteiger partial charge in [0, 0.05) is 29.8 Å². The van der Waals surface area contributed by atoms with Crippen molar-refractivity contribution in [3.8, 4) is 11.3 Å². The molecule has 161 valence electrons. The normalized spacial score (nSPS) is 16.5. The van der Waals surface area contributed by atoms with E-state index in [1.807, 2.05) is 12.1 Å². The fraction of sp³-hybridized carbons (Fsp3) is 0.250. The van der Waals surface area contributed by atoms with Gasteiger partial charge >= 0.3 is 0 Å². The summed E-state index contributed by atoms with van der Waals surface area (Å²) in [6, 6.07) is 6.94. The Labute approximate surface area is 185 Å². The van der Waals surface area contributed by atoms with Crippen LogP contribution in [0, 0.1) is 5.82 Å². The van der Waals surface area contributed by atoms with Gasteiger partial charge in [0.25, 0.3) is 5.91 Å². The predicted octanol–water partition coefficient (Wildman–Crippen LogP) is 3.96. The molecule has 0 atom stereocenters. The van der Waals surface area contributed by atoms with Gasteiger partial charge in [-0.2, -0.15) is 0 Å². The number of pyridine rings is 1. The number of hydrogen-bond acceptors (Lipinski definition) is 6. The number of likely N-dealkylation sites (tertiary alicyclic amines) is 1. The zero-order chi connectivity index (χ0) is 22.1. The molecule has 5 rings (SSSR count). The first kappa shape index (κ1) is 20.3. The molecule has 0 bridgehead atoms. The number of rotatable bonds is 4. The first-order valence-corrected chi connectivity index (χ1v) is 10.6. The number of anilines is 2. The summed E-state index contributed by atoms with van der Waals surface area (Å²) in [6.07, 6.45) is 9.85. The molecule has 1 radical (unpaired) electrons. The summed E-state index contributed by atoms with van der Waals surface area (Å²) in [6.45, 7) is 1.94. The Morgan fingerprint density at radius 2 is 1.91 bits per heavy atom. The minimum Gasteiger partial charge on any atom is -0.339 e. The maximum Gasteiger partial charge on any atom is 0.281 e. The van der Waals surface area contributed by atoms with Gasteiger partial charge in [0.2, 0.25) is 0 Å². The highest BCUT2D eigenvalue weighted by Crippen LogP contribution is 2.33. The van der Waals surface area contributed by atoms with Crippen LogP contribution < -0.4 is 10.6 Å². The first-order valence-electron chi connectivity index (χ1n) is 10.6. The van der Waals surface area contributed by atoms with Gasteiger partial charge in [0.1, 0.15) is 18.0 Å². The molecule has 1 amide bonds. The fourth-order valence-corrected chi connectivity index (χ4v) is 4.23. The summed E-state index contributed by atoms with van der Waals surface area (Å²) >= 11 is 0. The van der Waals surface area contributed by atoms with Crippen LogP contribution in [0.4, 0.5) is 15.9 Å². The third kappa shape index (κ3) is 3.97. The lowest BCUT2D eigenvalue weighted by Crippen LogP contribution is -2.29. The predicted molar refractivity (Wildman–Crippen MR) is 120 cm³/mol. The van der Waals surface area contributed by atoms with Crippen LogP contribution in [0.2, 0.25) is 0 Å². The Kier molecular flexibility index (Phi) is 5.36. The average molecular weight is 429 g/mol. The quantitative estimate of drug-likeness (QED) is 0.676. The zero-order valence-electron chi connectivity index (χ0n) is 17.6. The second kappa shape index (κ2) is 8.47. The Morgan fingerprint density at radius 1 is 1.12 bits per heavy atom. The van der Waals surface area contributed by atoms with E-state index in [0.29, 0.717) is 33.9 Å². The van der Waals surface area contributed by atoms with Crippen molar-refractivity contribution in [1.82, 2.24) is 25.2 Å². The standard InChI is InChI=1S/C24H22FN6O/c1-31-8-5-15(6-9-31)19-3-2-18(11-20(19)25)29-23-22-16(4-7-28-24(22)32)10-21(30-23)17-12-26-14-27-13-17/h2-4,7,10-15H,5-6,8-9H2,1H3,(H,29,30). The number of piperidine rings is 1. The number of aromatic nitrogens is 3. The lowest BCUT2D eigenvalue weighted by Gasteiger charge is -2.29. The van der Waals surface area contributed by atoms with Crippen LogP contribution in [0.3, 0.4) is 0 Å². The van der Waals surface area contributed by atoms with Crippen LogP contribution in [-0.4, -0.2) is 45.9 Å². The van der Waals surface area contributed by atoms with E-state index < -0.39 is 5.91 Å². The summed E-state index contributed by atoms with van der Waals surface area (Å²) in [5, 5.41) is 7.01. The molecule has 0 spiro atoms. The topological polar surface area (TPSA) is 85.1 Å². The summed E-state index contributed by atoms with van der Waals surface area (Å²) < 4.78 is 15.0. The Bertz CT molecular complexity index is 1190. The molecule has 0 saturated carbocycles. The van der Waals surface area contributed by atoms with Crippen LogP contribution in [0.1, 0.15) is 40.2 Å². The highest BCUT2D eigenvalue weighted by atomic mass is 19.1. The second-order valence-corrected chi connectivity index (χ2v) is 8.14. The maximum absolute atomic E-state index is 15.0. The molecule has 8 heteroatoms. The van der Waals surface area contributed by atoms with Crippen molar-refractivity contribution in [2.24, 2.45) is 0 Å². The summed E-state index contributed by atoms with van der Waals surface area (Å²) in [5.41, 5.74) is 3.62. The van der Waals surface area contributed by atoms with Gasteiger partial charge in [-0.15, -0.1) is 0 Å². The van der Waals surface area contributed by atoms with Crippen LogP contribution >= 0.6 is 0 Å². The van der Waals surface area contributed by atoms with Gasteiger partial charge in [-0.25, -0.2) is 24.7 Å². The van der Waals surface area contributed by atoms with Crippen molar-refractivity contribution < 1.29 is 9.18 Å². The number of halogens is 1. The van der Waals surface area contributed by atoms with Gasteiger partial charge in [0.05, 0.1) is 11.3 Å². The Hall–Kier alpha value is -3.65. The fourth-order valence-electron chi connectivity index (χ4n) is 4.23. The van der Waals surface area contributed by atoms with E-state index in [1.165, 1.54) is 18.6 Å². The van der Waals surface area contributed by atoms with Gasteiger partial charge in [-0.3, -0.25) is 4.79 Å². The van der Waals surface area contributed by atoms with Crippen molar-refractivity contribution in [2.75, 3.05) is 25.5 Å². The van der Waals surface area contributed by atoms with E-state index in [1.54, 1.807) is 24.5 Å². The van der Waals surface area contributed by atoms with Crippen LogP contribution in [0.25, 0.3) is 17.3 Å². The Morgan fingerprint density at radius 3 is 2.66 bits per heavy atom. The SMILES string of the molecule is CN1CCC(c2ccc(Nc3nc(-c4cncnc4)cc4c3C(=O)[N]C=C4)cc2F)CC1. The third-order valence-corrected chi connectivity index (χ3v) is 5.99. The number of fused-ring (bicyclic) bond motifs is 1. The summed E-state index contributed by atoms with van der Waals surface area (Å²) in [4.78, 5) is 27.5. The molecule has 0 unspecified atom stereocenters. The number of nitrogens with zero attached hydrogens (tertiary/aromatic N) is 5. The van der Waals surface area contributed by atoms with Gasteiger partial charge in [-0.05, 0) is 74.3 Å². The molecule has 1 saturated heterocycles. The number of benzene rings is 1. The maximum atomic E-state index is 15.0. The van der Waals surface area contributed by atoms with E-state index in [-0.39, 0.29) is 11.7 Å². The van der Waals surface area contributed by atoms with Crippen molar-refractivity contribution in [3.05, 3.63) is 71.7 Å². The zero-order valence-corrected chi connectivity index (χ0v) is 17.6. The monoisotopic (exact) mass is 429 g/mol. The molecular formula is C24H22FN6O. The van der Waals surface area contributed by atoms with E-state index >= 15 is 4.39 Å². The second-order valence-electron chi connectivity index (χ2n) is 8.14. The molecule has 1 aromatic carbocycles. The molecule has 3 aromatic rings. The largest absolute Gasteiger partial charge is 0.339 e. The minimum absolute atomic E-state index is 0.220. The Balaban J connectivity index is 1.49. The van der Waals surface area contributed by atoms with E-state index in [2.05, 4.69) is 37.5 Å². The van der Waals surface area contributed by atoms with E-state index in [4.69, 9.17) is 0 Å². The molecule has 2 aliphatic rings. The lowest BCUT2D eigenvalue weighted by molar-refractivity contribution is 0.0965. The van der Waals surface area contributed by atoms with Crippen molar-refractivity contribution in [1.29, 1.82) is 0 Å². The van der Waals surface area contributed by atoms with E-state index in [0.717, 1.165) is 31.5 Å². The van der Waals surface area contributed by atoms with E-state index in [9.17, 15) is 4.79 Å². The van der Waals surface area contributed by atoms with Crippen molar-refractivity contribution in [3.63, 3.8) is 0 Å². The summed E-state index contributed by atoms with van der Waals surface area (Å²) in [7, 11) is 2.09. The van der Waals surface area contributed by atoms with Gasteiger partial charge < -0.3 is 10.2 Å². The van der Waals surface area contributed by atoms with Gasteiger partial charge in [0.15, 0.2) is 0 Å². The molecule has 4 heterocycles. The van der Waals surface area contributed by atoms with Crippen LogP contribution in [0.5, 0.6) is 0 Å². The molecular weight excluding hydrogens is 407 g/mol. The van der Waals surface area contributed by atoms with Crippen molar-refractivity contribution >= 4 is 23.5 Å². The van der Waals surface area contributed by atoms with Gasteiger partial charge in [-0.1, -0.05) is 6.07 Å². The third-order valence-electron chi connectivity index (χ3n) is 5.99. The minimum atomic E-state index is -0.392. The number of carbonyl (C=O) groups excluding carboxylic acids is 1. The highest BCUT2D eigenvalue weighted by Gasteiger charge is 2.24. The number of amides is 1. The molecule has 2 aliphatic heterocycles. The number of hydrogen-bond donors (Lipinski definition) is 1. The van der Waals surface area contributed by atoms with Crippen LogP contribution in [0.15, 0.2) is 49.2 Å². The lowest BCUT2D eigenvalue weighted by atomic mass is 9.89. The number of nitrogens with one attached hydrogen (secondary N) is 1. The number of carbonyl (C=O) groups is 1. The smallest absolute Gasteiger partial charge is 0.281 e. The first-order chi connectivity index (χ1) is 15.6. The highest BCUT2D eigenvalue weighted by molar-refractivity contribution is 6.05. The molecule has 2 aromatic heterocycles. The molecule has 32 heavy (non-hydrogen) atoms. The van der Waals surface area contributed by atoms with Crippen LogP contribution in [-0.2, 0) is 0 Å². The average Bonchev–Trinajstić information content (AvgIpc) is 2.80.